The molecule has 2 N–H and O–H groups in total. The summed E-state index contributed by atoms with van der Waals surface area (Å²) in [6, 6.07) is 11.9. The molecule has 1 atom stereocenters. The fourth-order valence-corrected chi connectivity index (χ4v) is 4.01. The maximum Gasteiger partial charge on any atom is 0.258 e. The number of carbonyl (C=O) groups excluding carboxylic acids is 1. The lowest BCUT2D eigenvalue weighted by molar-refractivity contribution is 0.102. The molecule has 9 heteroatoms. The average molecular weight is 426 g/mol. The van der Waals surface area contributed by atoms with Crippen molar-refractivity contribution < 1.29 is 18.5 Å². The lowest BCUT2D eigenvalue weighted by Gasteiger charge is -2.12. The Bertz CT molecular complexity index is 1070. The molecule has 0 aliphatic rings. The number of aromatic nitrogens is 2. The molecule has 0 aliphatic heterocycles. The lowest BCUT2D eigenvalue weighted by Crippen LogP contribution is -2.16. The highest BCUT2D eigenvalue weighted by molar-refractivity contribution is 7.84. The van der Waals surface area contributed by atoms with Gasteiger partial charge in [-0.25, -0.2) is 9.97 Å². The largest absolute Gasteiger partial charge is 0.497 e. The van der Waals surface area contributed by atoms with E-state index in [-0.39, 0.29) is 16.3 Å². The van der Waals surface area contributed by atoms with Crippen molar-refractivity contribution in [2.75, 3.05) is 31.9 Å². The minimum atomic E-state index is -1.57. The Hall–Kier alpha value is -3.46. The molecular weight excluding hydrogens is 404 g/mol. The quantitative estimate of drug-likeness (QED) is 0.571. The molecule has 0 radical (unpaired) electrons. The molecule has 0 aliphatic carbocycles. The summed E-state index contributed by atoms with van der Waals surface area (Å²) >= 11 is 0. The Kier molecular flexibility index (Phi) is 6.97. The van der Waals surface area contributed by atoms with Gasteiger partial charge in [0.25, 0.3) is 5.91 Å². The second-order valence-electron chi connectivity index (χ2n) is 6.16. The summed E-state index contributed by atoms with van der Waals surface area (Å²) in [6.45, 7) is 0. The van der Waals surface area contributed by atoms with Gasteiger partial charge in [0, 0.05) is 42.8 Å². The Morgan fingerprint density at radius 2 is 1.90 bits per heavy atom. The molecule has 1 unspecified atom stereocenters. The number of benzene rings is 1. The normalized spacial score (nSPS) is 11.4. The van der Waals surface area contributed by atoms with Crippen LogP contribution in [0.4, 0.5) is 11.5 Å². The predicted octanol–water partition coefficient (Wildman–Crippen LogP) is 3.10. The van der Waals surface area contributed by atoms with Crippen LogP contribution in [0.3, 0.4) is 0 Å². The van der Waals surface area contributed by atoms with Crippen molar-refractivity contribution in [2.45, 2.75) is 10.8 Å². The monoisotopic (exact) mass is 426 g/mol. The summed E-state index contributed by atoms with van der Waals surface area (Å²) in [4.78, 5) is 21.2. The number of ether oxygens (including phenoxy) is 2. The molecule has 3 aromatic rings. The average Bonchev–Trinajstić information content (AvgIpc) is 2.79. The first-order valence-electron chi connectivity index (χ1n) is 9.05. The first kappa shape index (κ1) is 21.3. The minimum absolute atomic E-state index is 0.142. The van der Waals surface area contributed by atoms with E-state index in [0.717, 1.165) is 5.56 Å². The van der Waals surface area contributed by atoms with E-state index in [4.69, 9.17) is 9.47 Å². The van der Waals surface area contributed by atoms with Crippen LogP contribution in [0, 0.1) is 0 Å². The van der Waals surface area contributed by atoms with E-state index in [2.05, 4.69) is 20.6 Å². The third-order valence-electron chi connectivity index (χ3n) is 4.29. The summed E-state index contributed by atoms with van der Waals surface area (Å²) in [6.07, 6.45) is 3.10. The summed E-state index contributed by atoms with van der Waals surface area (Å²) in [7, 11) is 3.27. The molecule has 3 rings (SSSR count). The molecule has 1 aromatic carbocycles. The van der Waals surface area contributed by atoms with E-state index in [1.807, 2.05) is 0 Å². The van der Waals surface area contributed by atoms with Crippen molar-refractivity contribution >= 4 is 28.2 Å². The van der Waals surface area contributed by atoms with Crippen LogP contribution in [0.15, 0.2) is 59.9 Å². The molecule has 0 saturated carbocycles. The van der Waals surface area contributed by atoms with Crippen LogP contribution in [0.25, 0.3) is 0 Å². The second-order valence-corrected chi connectivity index (χ2v) is 7.52. The zero-order valence-electron chi connectivity index (χ0n) is 16.8. The molecule has 0 saturated heterocycles. The number of hydrogen-bond donors (Lipinski definition) is 2. The zero-order valence-corrected chi connectivity index (χ0v) is 17.7. The van der Waals surface area contributed by atoms with E-state index in [1.165, 1.54) is 13.3 Å². The third-order valence-corrected chi connectivity index (χ3v) is 5.62. The van der Waals surface area contributed by atoms with Gasteiger partial charge in [0.2, 0.25) is 0 Å². The standard InChI is InChI=1S/C21H22N4O4S/c1-22-19-11-15(8-10-23-19)25-20(26)17-5-4-9-24-21(17)30(27)13-14-6-7-16(28-2)12-18(14)29-3/h4-12H,13H2,1-3H3,(H2,22,23,25,26). The summed E-state index contributed by atoms with van der Waals surface area (Å²) in [5, 5.41) is 5.91. The number of hydrogen-bond acceptors (Lipinski definition) is 7. The molecule has 156 valence electrons. The van der Waals surface area contributed by atoms with Crippen LogP contribution in [0.5, 0.6) is 11.5 Å². The van der Waals surface area contributed by atoms with E-state index < -0.39 is 16.7 Å². The van der Waals surface area contributed by atoms with E-state index in [1.54, 1.807) is 62.8 Å². The minimum Gasteiger partial charge on any atom is -0.497 e. The van der Waals surface area contributed by atoms with Crippen molar-refractivity contribution in [3.63, 3.8) is 0 Å². The topological polar surface area (TPSA) is 102 Å². The molecule has 8 nitrogen and oxygen atoms in total. The van der Waals surface area contributed by atoms with Crippen molar-refractivity contribution in [3.8, 4) is 11.5 Å². The van der Waals surface area contributed by atoms with Gasteiger partial charge in [-0.05, 0) is 24.3 Å². The number of rotatable bonds is 8. The van der Waals surface area contributed by atoms with Crippen molar-refractivity contribution in [3.05, 3.63) is 66.0 Å². The predicted molar refractivity (Wildman–Crippen MR) is 116 cm³/mol. The number of pyridine rings is 2. The molecule has 30 heavy (non-hydrogen) atoms. The van der Waals surface area contributed by atoms with Crippen molar-refractivity contribution in [1.29, 1.82) is 0 Å². The number of anilines is 2. The van der Waals surface area contributed by atoms with Gasteiger partial charge in [-0.3, -0.25) is 9.00 Å². The van der Waals surface area contributed by atoms with Gasteiger partial charge in [0.1, 0.15) is 22.3 Å². The van der Waals surface area contributed by atoms with Crippen LogP contribution in [0.1, 0.15) is 15.9 Å². The fourth-order valence-electron chi connectivity index (χ4n) is 2.77. The Morgan fingerprint density at radius 3 is 2.63 bits per heavy atom. The maximum absolute atomic E-state index is 13.1. The van der Waals surface area contributed by atoms with Crippen LogP contribution in [-0.4, -0.2) is 41.4 Å². The molecule has 0 fully saturated rings. The molecular formula is C21H22N4O4S. The number of amides is 1. The van der Waals surface area contributed by atoms with Crippen molar-refractivity contribution in [2.24, 2.45) is 0 Å². The van der Waals surface area contributed by atoms with Gasteiger partial charge in [0.05, 0.1) is 36.3 Å². The first-order chi connectivity index (χ1) is 14.5. The van der Waals surface area contributed by atoms with Crippen LogP contribution >= 0.6 is 0 Å². The SMILES string of the molecule is CNc1cc(NC(=O)c2cccnc2S(=O)Cc2ccc(OC)cc2OC)ccn1. The van der Waals surface area contributed by atoms with Gasteiger partial charge in [-0.1, -0.05) is 6.07 Å². The molecule has 2 aromatic heterocycles. The number of nitrogens with one attached hydrogen (secondary N) is 2. The highest BCUT2D eigenvalue weighted by atomic mass is 32.2. The smallest absolute Gasteiger partial charge is 0.258 e. The van der Waals surface area contributed by atoms with Gasteiger partial charge in [-0.2, -0.15) is 0 Å². The summed E-state index contributed by atoms with van der Waals surface area (Å²) in [5.74, 6) is 1.55. The maximum atomic E-state index is 13.1. The molecule has 0 bridgehead atoms. The van der Waals surface area contributed by atoms with Gasteiger partial charge < -0.3 is 20.1 Å². The highest BCUT2D eigenvalue weighted by Crippen LogP contribution is 2.27. The van der Waals surface area contributed by atoms with Crippen LogP contribution in [-0.2, 0) is 16.6 Å². The Morgan fingerprint density at radius 1 is 1.07 bits per heavy atom. The molecule has 1 amide bonds. The van der Waals surface area contributed by atoms with E-state index in [0.29, 0.717) is 23.0 Å². The second kappa shape index (κ2) is 9.84. The highest BCUT2D eigenvalue weighted by Gasteiger charge is 2.19. The Labute approximate surface area is 177 Å². The number of carbonyl (C=O) groups is 1. The van der Waals surface area contributed by atoms with Crippen LogP contribution in [0.2, 0.25) is 0 Å². The van der Waals surface area contributed by atoms with Gasteiger partial charge in [0.15, 0.2) is 0 Å². The zero-order chi connectivity index (χ0) is 21.5. The molecule has 0 spiro atoms. The lowest BCUT2D eigenvalue weighted by atomic mass is 10.2. The van der Waals surface area contributed by atoms with Crippen LogP contribution < -0.4 is 20.1 Å². The summed E-state index contributed by atoms with van der Waals surface area (Å²) in [5.41, 5.74) is 1.53. The molecule has 2 heterocycles. The first-order valence-corrected chi connectivity index (χ1v) is 10.4. The number of methoxy groups -OCH3 is 2. The van der Waals surface area contributed by atoms with Crippen molar-refractivity contribution in [1.82, 2.24) is 9.97 Å². The van der Waals surface area contributed by atoms with E-state index >= 15 is 0 Å². The Balaban J connectivity index is 1.84. The fraction of sp³-hybridized carbons (Fsp3) is 0.190. The van der Waals surface area contributed by atoms with Gasteiger partial charge >= 0.3 is 0 Å². The van der Waals surface area contributed by atoms with Gasteiger partial charge in [-0.15, -0.1) is 0 Å². The third kappa shape index (κ3) is 4.93. The summed E-state index contributed by atoms with van der Waals surface area (Å²) < 4.78 is 23.6. The number of nitrogens with zero attached hydrogens (tertiary/aromatic N) is 2. The van der Waals surface area contributed by atoms with E-state index in [9.17, 15) is 9.00 Å².